The van der Waals surface area contributed by atoms with Gasteiger partial charge in [-0.2, -0.15) is 0 Å². The second-order valence-corrected chi connectivity index (χ2v) is 5.51. The molecule has 1 saturated carbocycles. The molecular weight excluding hydrogens is 242 g/mol. The summed E-state index contributed by atoms with van der Waals surface area (Å²) in [6.45, 7) is 3.38. The van der Waals surface area contributed by atoms with Crippen LogP contribution in [0.25, 0.3) is 0 Å². The van der Waals surface area contributed by atoms with Crippen LogP contribution >= 0.6 is 0 Å². The highest BCUT2D eigenvalue weighted by Gasteiger charge is 2.24. The number of likely N-dealkylation sites (N-methyl/N-ethyl adjacent to an activating group) is 2. The van der Waals surface area contributed by atoms with Gasteiger partial charge >= 0.3 is 0 Å². The van der Waals surface area contributed by atoms with Gasteiger partial charge in [0, 0.05) is 38.5 Å². The molecule has 0 spiro atoms. The van der Waals surface area contributed by atoms with Crippen LogP contribution in [-0.4, -0.2) is 49.9 Å². The van der Waals surface area contributed by atoms with Crippen LogP contribution in [-0.2, 0) is 9.59 Å². The van der Waals surface area contributed by atoms with Crippen molar-refractivity contribution >= 4 is 11.8 Å². The lowest BCUT2D eigenvalue weighted by Gasteiger charge is -2.21. The molecule has 1 unspecified atom stereocenters. The number of hydrogen-bond donors (Lipinski definition) is 2. The van der Waals surface area contributed by atoms with Crippen molar-refractivity contribution in [3.63, 3.8) is 0 Å². The van der Waals surface area contributed by atoms with Gasteiger partial charge in [0.25, 0.3) is 0 Å². The summed E-state index contributed by atoms with van der Waals surface area (Å²) in [6, 6.07) is -0.0855. The number of nitrogens with one attached hydrogen (secondary N) is 2. The van der Waals surface area contributed by atoms with Gasteiger partial charge in [0.05, 0.1) is 0 Å². The van der Waals surface area contributed by atoms with Crippen molar-refractivity contribution in [2.75, 3.05) is 27.2 Å². The molecule has 5 nitrogen and oxygen atoms in total. The van der Waals surface area contributed by atoms with Crippen LogP contribution in [0.2, 0.25) is 0 Å². The summed E-state index contributed by atoms with van der Waals surface area (Å²) in [5, 5.41) is 5.97. The van der Waals surface area contributed by atoms with E-state index in [2.05, 4.69) is 10.6 Å². The minimum atomic E-state index is -0.0855. The van der Waals surface area contributed by atoms with E-state index in [1.165, 1.54) is 0 Å². The summed E-state index contributed by atoms with van der Waals surface area (Å²) < 4.78 is 0. The first-order valence-electron chi connectivity index (χ1n) is 7.23. The van der Waals surface area contributed by atoms with Crippen molar-refractivity contribution < 1.29 is 9.59 Å². The Labute approximate surface area is 116 Å². The highest BCUT2D eigenvalue weighted by atomic mass is 16.2. The Morgan fingerprint density at radius 1 is 1.32 bits per heavy atom. The van der Waals surface area contributed by atoms with Crippen LogP contribution in [0.4, 0.5) is 0 Å². The average Bonchev–Trinajstić information content (AvgIpc) is 2.89. The number of carbonyl (C=O) groups is 2. The Morgan fingerprint density at radius 2 is 1.95 bits per heavy atom. The lowest BCUT2D eigenvalue weighted by Crippen LogP contribution is -2.41. The second kappa shape index (κ2) is 8.15. The molecule has 0 aromatic carbocycles. The molecule has 0 saturated heterocycles. The third-order valence-corrected chi connectivity index (χ3v) is 3.72. The molecule has 0 aromatic heterocycles. The van der Waals surface area contributed by atoms with Gasteiger partial charge in [0.2, 0.25) is 11.8 Å². The lowest BCUT2D eigenvalue weighted by atomic mass is 10.1. The Balaban J connectivity index is 2.27. The first-order chi connectivity index (χ1) is 9.04. The minimum Gasteiger partial charge on any atom is -0.353 e. The van der Waals surface area contributed by atoms with Crippen LogP contribution in [0.15, 0.2) is 0 Å². The average molecular weight is 269 g/mol. The zero-order valence-electron chi connectivity index (χ0n) is 12.4. The van der Waals surface area contributed by atoms with Crippen LogP contribution in [0.5, 0.6) is 0 Å². The largest absolute Gasteiger partial charge is 0.353 e. The van der Waals surface area contributed by atoms with Gasteiger partial charge in [-0.15, -0.1) is 0 Å². The first-order valence-corrected chi connectivity index (χ1v) is 7.23. The predicted molar refractivity (Wildman–Crippen MR) is 75.7 cm³/mol. The summed E-state index contributed by atoms with van der Waals surface area (Å²) in [4.78, 5) is 25.5. The fraction of sp³-hybridized carbons (Fsp3) is 0.857. The van der Waals surface area contributed by atoms with E-state index in [9.17, 15) is 9.59 Å². The molecule has 0 radical (unpaired) electrons. The van der Waals surface area contributed by atoms with Crippen molar-refractivity contribution in [1.29, 1.82) is 0 Å². The topological polar surface area (TPSA) is 61.4 Å². The van der Waals surface area contributed by atoms with Crippen LogP contribution in [0, 0.1) is 5.92 Å². The van der Waals surface area contributed by atoms with Gasteiger partial charge < -0.3 is 15.5 Å². The molecule has 0 heterocycles. The molecule has 1 rings (SSSR count). The van der Waals surface area contributed by atoms with Crippen molar-refractivity contribution in [2.45, 2.75) is 45.1 Å². The molecule has 0 bridgehead atoms. The van der Waals surface area contributed by atoms with E-state index in [1.54, 1.807) is 11.9 Å². The second-order valence-electron chi connectivity index (χ2n) is 5.51. The van der Waals surface area contributed by atoms with E-state index in [0.717, 1.165) is 32.2 Å². The zero-order chi connectivity index (χ0) is 14.3. The maximum atomic E-state index is 11.9. The van der Waals surface area contributed by atoms with E-state index in [1.807, 2.05) is 14.0 Å². The number of nitrogens with zero attached hydrogens (tertiary/aromatic N) is 1. The Morgan fingerprint density at radius 3 is 2.53 bits per heavy atom. The Kier molecular flexibility index (Phi) is 6.84. The van der Waals surface area contributed by atoms with E-state index in [-0.39, 0.29) is 23.8 Å². The zero-order valence-corrected chi connectivity index (χ0v) is 12.4. The monoisotopic (exact) mass is 269 g/mol. The quantitative estimate of drug-likeness (QED) is 0.717. The van der Waals surface area contributed by atoms with E-state index in [4.69, 9.17) is 0 Å². The summed E-state index contributed by atoms with van der Waals surface area (Å²) in [7, 11) is 3.66. The maximum Gasteiger partial charge on any atom is 0.224 e. The Hall–Kier alpha value is -1.10. The third-order valence-electron chi connectivity index (χ3n) is 3.72. The first kappa shape index (κ1) is 16.0. The van der Waals surface area contributed by atoms with E-state index < -0.39 is 0 Å². The van der Waals surface area contributed by atoms with Crippen LogP contribution in [0.1, 0.15) is 39.0 Å². The van der Waals surface area contributed by atoms with Crippen molar-refractivity contribution in [3.8, 4) is 0 Å². The van der Waals surface area contributed by atoms with Gasteiger partial charge in [0.15, 0.2) is 0 Å². The van der Waals surface area contributed by atoms with Crippen molar-refractivity contribution in [2.24, 2.45) is 5.92 Å². The highest BCUT2D eigenvalue weighted by Crippen LogP contribution is 2.24. The molecule has 0 aliphatic heterocycles. The SMILES string of the molecule is CNCCN(C)C(=O)CC(C)NC(=O)C1CCCC1. The number of hydrogen-bond acceptors (Lipinski definition) is 3. The highest BCUT2D eigenvalue weighted by molar-refractivity contribution is 5.81. The summed E-state index contributed by atoms with van der Waals surface area (Å²) in [6.07, 6.45) is 4.66. The summed E-state index contributed by atoms with van der Waals surface area (Å²) in [5.74, 6) is 0.365. The van der Waals surface area contributed by atoms with E-state index in [0.29, 0.717) is 13.0 Å². The normalized spacial score (nSPS) is 17.2. The number of carbonyl (C=O) groups excluding carboxylic acids is 2. The van der Waals surface area contributed by atoms with Gasteiger partial charge in [-0.25, -0.2) is 0 Å². The molecule has 1 aliphatic carbocycles. The Bertz CT molecular complexity index is 301. The third kappa shape index (κ3) is 5.59. The summed E-state index contributed by atoms with van der Waals surface area (Å²) >= 11 is 0. The molecular formula is C14H27N3O2. The molecule has 2 N–H and O–H groups in total. The van der Waals surface area contributed by atoms with Gasteiger partial charge in [0.1, 0.15) is 0 Å². The fourth-order valence-corrected chi connectivity index (χ4v) is 2.42. The fourth-order valence-electron chi connectivity index (χ4n) is 2.42. The van der Waals surface area contributed by atoms with Crippen molar-refractivity contribution in [3.05, 3.63) is 0 Å². The number of amides is 2. The standard InChI is InChI=1S/C14H27N3O2/c1-11(10-13(18)17(3)9-8-15-2)16-14(19)12-6-4-5-7-12/h11-12,15H,4-10H2,1-3H3,(H,16,19). The predicted octanol–water partition coefficient (Wildman–Crippen LogP) is 0.749. The van der Waals surface area contributed by atoms with E-state index >= 15 is 0 Å². The van der Waals surface area contributed by atoms with Crippen molar-refractivity contribution in [1.82, 2.24) is 15.5 Å². The smallest absolute Gasteiger partial charge is 0.224 e. The molecule has 1 aliphatic rings. The van der Waals surface area contributed by atoms with Gasteiger partial charge in [-0.1, -0.05) is 12.8 Å². The molecule has 110 valence electrons. The minimum absolute atomic E-state index is 0.0782. The lowest BCUT2D eigenvalue weighted by molar-refractivity contribution is -0.131. The molecule has 0 aromatic rings. The maximum absolute atomic E-state index is 11.9. The molecule has 1 atom stereocenters. The molecule has 19 heavy (non-hydrogen) atoms. The van der Waals surface area contributed by atoms with Crippen LogP contribution in [0.3, 0.4) is 0 Å². The van der Waals surface area contributed by atoms with Crippen LogP contribution < -0.4 is 10.6 Å². The van der Waals surface area contributed by atoms with Gasteiger partial charge in [-0.05, 0) is 26.8 Å². The van der Waals surface area contributed by atoms with Gasteiger partial charge in [-0.3, -0.25) is 9.59 Å². The molecule has 1 fully saturated rings. The summed E-state index contributed by atoms with van der Waals surface area (Å²) in [5.41, 5.74) is 0. The number of rotatable bonds is 7. The molecule has 5 heteroatoms. The molecule has 2 amide bonds.